The Labute approximate surface area is 244 Å². The molecule has 0 fully saturated rings. The zero-order valence-electron chi connectivity index (χ0n) is 22.6. The number of sulfonamides is 1. The quantitative estimate of drug-likeness (QED) is 0.309. The van der Waals surface area contributed by atoms with Crippen LogP contribution in [0, 0.1) is 5.41 Å². The number of nitrogens with one attached hydrogen (secondary N) is 1. The first-order valence-corrected chi connectivity index (χ1v) is 14.0. The lowest BCUT2D eigenvalue weighted by Crippen LogP contribution is -2.52. The van der Waals surface area contributed by atoms with E-state index in [1.807, 2.05) is 0 Å². The predicted octanol–water partition coefficient (Wildman–Crippen LogP) is 6.45. The van der Waals surface area contributed by atoms with Crippen molar-refractivity contribution >= 4 is 21.6 Å². The SMILES string of the molecule is CC(C)(C(=O)NC[C@H]1CN(S(=O)(=O)c2cccc(C(F)(F)F)c2)c2cc(-c3cccc(C(F)(F)F)n3)ccc2O1)C(F)(F)F. The van der Waals surface area contributed by atoms with Crippen LogP contribution in [0.1, 0.15) is 25.1 Å². The van der Waals surface area contributed by atoms with Crippen LogP contribution in [0.5, 0.6) is 5.75 Å². The first kappa shape index (κ1) is 32.9. The van der Waals surface area contributed by atoms with E-state index in [9.17, 15) is 52.7 Å². The van der Waals surface area contributed by atoms with Gasteiger partial charge in [0, 0.05) is 5.56 Å². The summed E-state index contributed by atoms with van der Waals surface area (Å²) in [5, 5.41) is 2.06. The van der Waals surface area contributed by atoms with Crippen LogP contribution in [-0.4, -0.2) is 44.7 Å². The smallest absolute Gasteiger partial charge is 0.433 e. The minimum Gasteiger partial charge on any atom is -0.484 e. The molecule has 17 heteroatoms. The van der Waals surface area contributed by atoms with E-state index in [0.29, 0.717) is 36.4 Å². The van der Waals surface area contributed by atoms with Gasteiger partial charge in [0.1, 0.15) is 23.0 Å². The van der Waals surface area contributed by atoms with Crippen LogP contribution in [0.2, 0.25) is 0 Å². The van der Waals surface area contributed by atoms with Gasteiger partial charge in [-0.1, -0.05) is 12.1 Å². The van der Waals surface area contributed by atoms with Gasteiger partial charge in [0.25, 0.3) is 10.0 Å². The Morgan fingerprint density at radius 1 is 0.932 bits per heavy atom. The Morgan fingerprint density at radius 2 is 1.59 bits per heavy atom. The maximum absolute atomic E-state index is 13.7. The lowest BCUT2D eigenvalue weighted by Gasteiger charge is -2.36. The summed E-state index contributed by atoms with van der Waals surface area (Å²) in [6.07, 6.45) is -16.0. The fraction of sp³-hybridized carbons (Fsp3) is 0.333. The molecule has 0 unspecified atom stereocenters. The van der Waals surface area contributed by atoms with Gasteiger partial charge in [0.2, 0.25) is 5.91 Å². The molecule has 238 valence electrons. The Bertz CT molecular complexity index is 1670. The number of anilines is 1. The average Bonchev–Trinajstić information content (AvgIpc) is 2.93. The Hall–Kier alpha value is -4.02. The van der Waals surface area contributed by atoms with Gasteiger partial charge >= 0.3 is 18.5 Å². The van der Waals surface area contributed by atoms with Crippen molar-refractivity contribution in [1.29, 1.82) is 0 Å². The summed E-state index contributed by atoms with van der Waals surface area (Å²) in [5.74, 6) is -1.67. The first-order valence-electron chi connectivity index (χ1n) is 12.5. The molecular weight excluding hydrogens is 633 g/mol. The van der Waals surface area contributed by atoms with Crippen molar-refractivity contribution in [3.05, 3.63) is 71.9 Å². The van der Waals surface area contributed by atoms with Crippen molar-refractivity contribution in [2.45, 2.75) is 43.4 Å². The summed E-state index contributed by atoms with van der Waals surface area (Å²) in [6.45, 7) is -0.0681. The van der Waals surface area contributed by atoms with Crippen molar-refractivity contribution < 1.29 is 57.5 Å². The Morgan fingerprint density at radius 3 is 2.20 bits per heavy atom. The maximum atomic E-state index is 13.7. The number of hydrogen-bond donors (Lipinski definition) is 1. The highest BCUT2D eigenvalue weighted by Gasteiger charge is 2.53. The number of carbonyl (C=O) groups excluding carboxylic acids is 1. The van der Waals surface area contributed by atoms with E-state index >= 15 is 0 Å². The monoisotopic (exact) mass is 655 g/mol. The number of halogens is 9. The Kier molecular flexibility index (Phi) is 8.34. The van der Waals surface area contributed by atoms with Gasteiger partial charge in [-0.05, 0) is 62.4 Å². The highest BCUT2D eigenvalue weighted by molar-refractivity contribution is 7.92. The van der Waals surface area contributed by atoms with Crippen LogP contribution < -0.4 is 14.4 Å². The number of amides is 1. The second-order valence-electron chi connectivity index (χ2n) is 10.2. The van der Waals surface area contributed by atoms with E-state index in [1.54, 1.807) is 0 Å². The molecule has 0 aliphatic carbocycles. The fourth-order valence-electron chi connectivity index (χ4n) is 4.07. The van der Waals surface area contributed by atoms with Gasteiger partial charge in [0.05, 0.1) is 34.9 Å². The molecule has 0 radical (unpaired) electrons. The standard InChI is InChI=1S/C27H22F9N3O4S/c1-24(2,27(34,35)36)23(40)37-13-17-14-39(44(41,42)18-6-3-5-16(12-18)25(28,29)30)20-11-15(9-10-21(20)43-17)19-7-4-8-22(38-19)26(31,32)33/h3-12,17H,13-14H2,1-2H3,(H,37,40)/t17-/m0/s1. The minimum atomic E-state index is -4.93. The zero-order valence-corrected chi connectivity index (χ0v) is 23.4. The third-order valence-corrected chi connectivity index (χ3v) is 8.52. The molecule has 2 aromatic carbocycles. The van der Waals surface area contributed by atoms with E-state index in [4.69, 9.17) is 4.74 Å². The second-order valence-corrected chi connectivity index (χ2v) is 12.1. The van der Waals surface area contributed by atoms with Crippen LogP contribution >= 0.6 is 0 Å². The van der Waals surface area contributed by atoms with Gasteiger partial charge in [-0.25, -0.2) is 13.4 Å². The summed E-state index contributed by atoms with van der Waals surface area (Å²) in [6, 6.07) is 9.28. The number of nitrogens with zero attached hydrogens (tertiary/aromatic N) is 2. The number of rotatable bonds is 6. The number of alkyl halides is 9. The number of fused-ring (bicyclic) bond motifs is 1. The number of carbonyl (C=O) groups is 1. The highest BCUT2D eigenvalue weighted by atomic mass is 32.2. The molecule has 0 bridgehead atoms. The van der Waals surface area contributed by atoms with Crippen LogP contribution in [0.15, 0.2) is 65.6 Å². The molecule has 0 spiro atoms. The number of ether oxygens (including phenoxy) is 1. The van der Waals surface area contributed by atoms with Crippen LogP contribution in [0.25, 0.3) is 11.3 Å². The van der Waals surface area contributed by atoms with Crippen LogP contribution in [0.3, 0.4) is 0 Å². The number of pyridine rings is 1. The van der Waals surface area contributed by atoms with Gasteiger partial charge in [-0.15, -0.1) is 0 Å². The van der Waals surface area contributed by atoms with Crippen molar-refractivity contribution in [1.82, 2.24) is 10.3 Å². The molecule has 0 saturated heterocycles. The van der Waals surface area contributed by atoms with E-state index in [0.717, 1.165) is 30.3 Å². The first-order chi connectivity index (χ1) is 20.1. The summed E-state index contributed by atoms with van der Waals surface area (Å²) in [5.41, 5.74) is -5.88. The average molecular weight is 656 g/mol. The molecule has 1 aromatic heterocycles. The molecule has 3 aromatic rings. The van der Waals surface area contributed by atoms with E-state index in [-0.39, 0.29) is 22.7 Å². The third kappa shape index (κ3) is 6.56. The van der Waals surface area contributed by atoms with Gasteiger partial charge in [-0.2, -0.15) is 39.5 Å². The summed E-state index contributed by atoms with van der Waals surface area (Å²) in [7, 11) is -4.85. The summed E-state index contributed by atoms with van der Waals surface area (Å²) in [4.78, 5) is 15.1. The van der Waals surface area contributed by atoms with E-state index in [1.165, 1.54) is 12.1 Å². The lowest BCUT2D eigenvalue weighted by molar-refractivity contribution is -0.211. The van der Waals surface area contributed by atoms with Gasteiger partial charge in [0.15, 0.2) is 0 Å². The molecule has 1 atom stereocenters. The molecule has 2 heterocycles. The molecular formula is C27H22F9N3O4S. The minimum absolute atomic E-state index is 0.0126. The molecule has 1 N–H and O–H groups in total. The number of hydrogen-bond acceptors (Lipinski definition) is 5. The predicted molar refractivity (Wildman–Crippen MR) is 138 cm³/mol. The second kappa shape index (κ2) is 11.2. The van der Waals surface area contributed by atoms with Crippen molar-refractivity contribution in [2.24, 2.45) is 5.41 Å². The Balaban J connectivity index is 1.77. The van der Waals surface area contributed by atoms with Crippen LogP contribution in [0.4, 0.5) is 45.2 Å². The normalized spacial score (nSPS) is 16.2. The lowest BCUT2D eigenvalue weighted by atomic mass is 9.91. The van der Waals surface area contributed by atoms with Gasteiger partial charge < -0.3 is 10.1 Å². The van der Waals surface area contributed by atoms with E-state index in [2.05, 4.69) is 10.3 Å². The van der Waals surface area contributed by atoms with Crippen molar-refractivity contribution in [3.63, 3.8) is 0 Å². The largest absolute Gasteiger partial charge is 0.484 e. The summed E-state index contributed by atoms with van der Waals surface area (Å²) >= 11 is 0. The number of aromatic nitrogens is 1. The zero-order chi connectivity index (χ0) is 32.9. The molecule has 1 aliphatic rings. The summed E-state index contributed by atoms with van der Waals surface area (Å²) < 4.78 is 154. The maximum Gasteiger partial charge on any atom is 0.433 e. The highest BCUT2D eigenvalue weighted by Crippen LogP contribution is 2.41. The van der Waals surface area contributed by atoms with Crippen molar-refractivity contribution in [3.8, 4) is 17.0 Å². The fourth-order valence-corrected chi connectivity index (χ4v) is 5.62. The third-order valence-electron chi connectivity index (χ3n) is 6.74. The molecule has 44 heavy (non-hydrogen) atoms. The number of benzene rings is 2. The topological polar surface area (TPSA) is 88.6 Å². The van der Waals surface area contributed by atoms with Crippen molar-refractivity contribution in [2.75, 3.05) is 17.4 Å². The molecule has 7 nitrogen and oxygen atoms in total. The molecule has 4 rings (SSSR count). The molecule has 0 saturated carbocycles. The van der Waals surface area contributed by atoms with Gasteiger partial charge in [-0.3, -0.25) is 9.10 Å². The van der Waals surface area contributed by atoms with E-state index < -0.39 is 75.2 Å². The van der Waals surface area contributed by atoms with Crippen LogP contribution in [-0.2, 0) is 27.2 Å². The molecule has 1 aliphatic heterocycles. The molecule has 1 amide bonds.